The molecule has 1 heterocycles. The molecular formula is C15H18N2O3. The molecule has 0 aliphatic heterocycles. The van der Waals surface area contributed by atoms with E-state index in [1.165, 1.54) is 0 Å². The molecule has 0 aliphatic carbocycles. The fourth-order valence-corrected chi connectivity index (χ4v) is 2.11. The van der Waals surface area contributed by atoms with Crippen LogP contribution < -0.4 is 4.74 Å². The van der Waals surface area contributed by atoms with E-state index in [2.05, 4.69) is 4.98 Å². The van der Waals surface area contributed by atoms with Gasteiger partial charge in [0.2, 0.25) is 0 Å². The predicted molar refractivity (Wildman–Crippen MR) is 76.9 cm³/mol. The maximum atomic E-state index is 10.8. The molecule has 0 fully saturated rings. The molecule has 106 valence electrons. The lowest BCUT2D eigenvalue weighted by Crippen LogP contribution is -2.29. The van der Waals surface area contributed by atoms with Crippen LogP contribution in [0.3, 0.4) is 0 Å². The Morgan fingerprint density at radius 3 is 2.80 bits per heavy atom. The molecule has 0 spiro atoms. The summed E-state index contributed by atoms with van der Waals surface area (Å²) in [7, 11) is 1.62. The van der Waals surface area contributed by atoms with Crippen LogP contribution in [-0.2, 0) is 11.3 Å². The second-order valence-corrected chi connectivity index (χ2v) is 4.53. The average Bonchev–Trinajstić information content (AvgIpc) is 2.45. The van der Waals surface area contributed by atoms with Crippen molar-refractivity contribution < 1.29 is 14.6 Å². The van der Waals surface area contributed by atoms with Gasteiger partial charge in [-0.2, -0.15) is 0 Å². The lowest BCUT2D eigenvalue weighted by atomic mass is 10.2. The molecule has 5 nitrogen and oxygen atoms in total. The molecule has 0 saturated carbocycles. The van der Waals surface area contributed by atoms with Crippen molar-refractivity contribution in [1.82, 2.24) is 9.88 Å². The molecule has 0 bridgehead atoms. The molecule has 0 saturated heterocycles. The number of carbonyl (C=O) groups is 1. The maximum absolute atomic E-state index is 10.8. The number of hydrogen-bond acceptors (Lipinski definition) is 4. The van der Waals surface area contributed by atoms with Crippen LogP contribution in [0, 0.1) is 0 Å². The number of carboxylic acids is 1. The number of hydrogen-bond donors (Lipinski definition) is 1. The number of nitrogens with zero attached hydrogens (tertiary/aromatic N) is 2. The third-order valence-corrected chi connectivity index (χ3v) is 3.15. The number of methoxy groups -OCH3 is 1. The van der Waals surface area contributed by atoms with Gasteiger partial charge in [-0.1, -0.05) is 25.1 Å². The molecule has 2 aromatic rings. The number of para-hydroxylation sites is 1. The number of aromatic nitrogens is 1. The third-order valence-electron chi connectivity index (χ3n) is 3.15. The van der Waals surface area contributed by atoms with Crippen LogP contribution in [-0.4, -0.2) is 41.2 Å². The van der Waals surface area contributed by atoms with Crippen LogP contribution in [0.15, 0.2) is 30.3 Å². The van der Waals surface area contributed by atoms with Gasteiger partial charge in [0.15, 0.2) is 0 Å². The molecule has 0 radical (unpaired) electrons. The van der Waals surface area contributed by atoms with E-state index in [1.54, 1.807) is 7.11 Å². The van der Waals surface area contributed by atoms with E-state index in [-0.39, 0.29) is 6.54 Å². The first-order chi connectivity index (χ1) is 9.63. The molecular weight excluding hydrogens is 256 g/mol. The van der Waals surface area contributed by atoms with Crippen LogP contribution in [0.5, 0.6) is 5.75 Å². The number of rotatable bonds is 6. The van der Waals surface area contributed by atoms with Gasteiger partial charge >= 0.3 is 5.97 Å². The van der Waals surface area contributed by atoms with E-state index in [0.717, 1.165) is 22.3 Å². The number of benzene rings is 1. The number of fused-ring (bicyclic) bond motifs is 1. The molecule has 1 N–H and O–H groups in total. The minimum atomic E-state index is -0.829. The molecule has 0 amide bonds. The summed E-state index contributed by atoms with van der Waals surface area (Å²) in [5.74, 6) is -0.101. The fraction of sp³-hybridized carbons (Fsp3) is 0.333. The van der Waals surface area contributed by atoms with Crippen LogP contribution >= 0.6 is 0 Å². The summed E-state index contributed by atoms with van der Waals surface area (Å²) in [6.45, 7) is 3.13. The molecule has 0 aliphatic rings. The van der Waals surface area contributed by atoms with Gasteiger partial charge in [-0.25, -0.2) is 4.98 Å². The Bertz CT molecular complexity index is 613. The van der Waals surface area contributed by atoms with Crippen molar-refractivity contribution in [3.63, 3.8) is 0 Å². The van der Waals surface area contributed by atoms with Gasteiger partial charge in [0.05, 0.1) is 19.3 Å². The summed E-state index contributed by atoms with van der Waals surface area (Å²) in [4.78, 5) is 17.2. The Morgan fingerprint density at radius 2 is 2.15 bits per heavy atom. The van der Waals surface area contributed by atoms with Gasteiger partial charge in [-0.3, -0.25) is 9.69 Å². The molecule has 5 heteroatoms. The van der Waals surface area contributed by atoms with E-state index >= 15 is 0 Å². The number of ether oxygens (including phenoxy) is 1. The normalized spacial score (nSPS) is 10.9. The molecule has 2 rings (SSSR count). The van der Waals surface area contributed by atoms with Gasteiger partial charge < -0.3 is 9.84 Å². The minimum absolute atomic E-state index is 0.0160. The van der Waals surface area contributed by atoms with Gasteiger partial charge in [-0.15, -0.1) is 0 Å². The first-order valence-corrected chi connectivity index (χ1v) is 6.50. The lowest BCUT2D eigenvalue weighted by Gasteiger charge is -2.17. The Labute approximate surface area is 117 Å². The summed E-state index contributed by atoms with van der Waals surface area (Å²) in [5.41, 5.74) is 1.64. The highest BCUT2D eigenvalue weighted by Crippen LogP contribution is 2.23. The summed E-state index contributed by atoms with van der Waals surface area (Å²) in [6.07, 6.45) is 0. The van der Waals surface area contributed by atoms with Gasteiger partial charge in [0.1, 0.15) is 11.3 Å². The second kappa shape index (κ2) is 6.34. The van der Waals surface area contributed by atoms with E-state index in [9.17, 15) is 4.79 Å². The van der Waals surface area contributed by atoms with Crippen LogP contribution in [0.2, 0.25) is 0 Å². The van der Waals surface area contributed by atoms with E-state index < -0.39 is 5.97 Å². The Morgan fingerprint density at radius 1 is 1.35 bits per heavy atom. The maximum Gasteiger partial charge on any atom is 0.317 e. The molecule has 0 atom stereocenters. The standard InChI is InChI=1S/C15H18N2O3/c1-3-17(10-14(18)19)9-12-8-7-11-5-4-6-13(20-2)15(11)16-12/h4-8H,3,9-10H2,1-2H3,(H,18,19). The molecule has 0 unspecified atom stereocenters. The summed E-state index contributed by atoms with van der Waals surface area (Å²) < 4.78 is 5.31. The van der Waals surface area contributed by atoms with Crippen molar-refractivity contribution in [2.75, 3.05) is 20.2 Å². The zero-order chi connectivity index (χ0) is 14.5. The van der Waals surface area contributed by atoms with Crippen molar-refractivity contribution in [2.24, 2.45) is 0 Å². The van der Waals surface area contributed by atoms with Gasteiger partial charge in [0, 0.05) is 11.9 Å². The number of aliphatic carboxylic acids is 1. The summed E-state index contributed by atoms with van der Waals surface area (Å²) in [5, 5.41) is 9.87. The highest BCUT2D eigenvalue weighted by Gasteiger charge is 2.10. The van der Waals surface area contributed by atoms with E-state index in [0.29, 0.717) is 13.1 Å². The predicted octanol–water partition coefficient (Wildman–Crippen LogP) is 2.15. The van der Waals surface area contributed by atoms with Crippen molar-refractivity contribution in [2.45, 2.75) is 13.5 Å². The second-order valence-electron chi connectivity index (χ2n) is 4.53. The van der Waals surface area contributed by atoms with Crippen molar-refractivity contribution in [3.8, 4) is 5.75 Å². The first kappa shape index (κ1) is 14.3. The lowest BCUT2D eigenvalue weighted by molar-refractivity contribution is -0.138. The van der Waals surface area contributed by atoms with Gasteiger partial charge in [-0.05, 0) is 18.7 Å². The SMILES string of the molecule is CCN(CC(=O)O)Cc1ccc2cccc(OC)c2n1. The Kier molecular flexibility index (Phi) is 4.53. The minimum Gasteiger partial charge on any atom is -0.494 e. The highest BCUT2D eigenvalue weighted by atomic mass is 16.5. The zero-order valence-electron chi connectivity index (χ0n) is 11.7. The monoisotopic (exact) mass is 274 g/mol. The van der Waals surface area contributed by atoms with Crippen LogP contribution in [0.4, 0.5) is 0 Å². The fourth-order valence-electron chi connectivity index (χ4n) is 2.11. The first-order valence-electron chi connectivity index (χ1n) is 6.50. The number of likely N-dealkylation sites (N-methyl/N-ethyl adjacent to an activating group) is 1. The summed E-state index contributed by atoms with van der Waals surface area (Å²) in [6, 6.07) is 9.67. The van der Waals surface area contributed by atoms with E-state index in [4.69, 9.17) is 9.84 Å². The quantitative estimate of drug-likeness (QED) is 0.874. The number of carboxylic acid groups (broad SMARTS) is 1. The topological polar surface area (TPSA) is 62.7 Å². The molecule has 20 heavy (non-hydrogen) atoms. The van der Waals surface area contributed by atoms with E-state index in [1.807, 2.05) is 42.2 Å². The highest BCUT2D eigenvalue weighted by molar-refractivity contribution is 5.84. The summed E-state index contributed by atoms with van der Waals surface area (Å²) >= 11 is 0. The van der Waals surface area contributed by atoms with Gasteiger partial charge in [0.25, 0.3) is 0 Å². The smallest absolute Gasteiger partial charge is 0.317 e. The van der Waals surface area contributed by atoms with Crippen molar-refractivity contribution in [3.05, 3.63) is 36.0 Å². The third kappa shape index (κ3) is 3.24. The Hall–Kier alpha value is -2.14. The molecule has 1 aromatic carbocycles. The average molecular weight is 274 g/mol. The largest absolute Gasteiger partial charge is 0.494 e. The van der Waals surface area contributed by atoms with Crippen LogP contribution in [0.25, 0.3) is 10.9 Å². The zero-order valence-corrected chi connectivity index (χ0v) is 11.7. The molecule has 1 aromatic heterocycles. The van der Waals surface area contributed by atoms with Crippen LogP contribution in [0.1, 0.15) is 12.6 Å². The Balaban J connectivity index is 2.28. The number of pyridine rings is 1. The van der Waals surface area contributed by atoms with Crippen molar-refractivity contribution in [1.29, 1.82) is 0 Å². The van der Waals surface area contributed by atoms with Crippen molar-refractivity contribution >= 4 is 16.9 Å².